The zero-order valence-corrected chi connectivity index (χ0v) is 23.6. The maximum Gasteiger partial charge on any atom is 0.437 e. The van der Waals surface area contributed by atoms with Gasteiger partial charge in [0.1, 0.15) is 16.8 Å². The van der Waals surface area contributed by atoms with Crippen molar-refractivity contribution in [3.8, 4) is 0 Å². The average Bonchev–Trinajstić information content (AvgIpc) is 2.63. The molecule has 0 saturated heterocycles. The summed E-state index contributed by atoms with van der Waals surface area (Å²) < 4.78 is 16.0. The first-order valence-electron chi connectivity index (χ1n) is 11.6. The van der Waals surface area contributed by atoms with Crippen molar-refractivity contribution < 1.29 is 28.6 Å². The van der Waals surface area contributed by atoms with Crippen LogP contribution in [0.25, 0.3) is 0 Å². The van der Waals surface area contributed by atoms with Gasteiger partial charge in [-0.25, -0.2) is 19.3 Å². The van der Waals surface area contributed by atoms with Crippen LogP contribution in [0.2, 0.25) is 5.02 Å². The lowest BCUT2D eigenvalue weighted by atomic mass is 10.1. The van der Waals surface area contributed by atoms with Crippen molar-refractivity contribution in [1.82, 2.24) is 4.90 Å². The van der Waals surface area contributed by atoms with E-state index in [-0.39, 0.29) is 12.5 Å². The molecule has 1 aromatic rings. The van der Waals surface area contributed by atoms with E-state index >= 15 is 0 Å². The van der Waals surface area contributed by atoms with Crippen LogP contribution in [0.3, 0.4) is 0 Å². The van der Waals surface area contributed by atoms with E-state index in [0.717, 1.165) is 4.90 Å². The maximum absolute atomic E-state index is 12.9. The first kappa shape index (κ1) is 31.0. The third kappa shape index (κ3) is 10.7. The van der Waals surface area contributed by atoms with Crippen molar-refractivity contribution in [2.75, 3.05) is 11.4 Å². The molecule has 11 heteroatoms. The molecule has 0 aliphatic rings. The fraction of sp³-hybridized carbons (Fsp3) is 0.600. The summed E-state index contributed by atoms with van der Waals surface area (Å²) >= 11 is 6.42. The van der Waals surface area contributed by atoms with Crippen LogP contribution in [0, 0.1) is 0 Å². The zero-order chi connectivity index (χ0) is 28.1. The molecule has 3 amide bonds. The smallest absolute Gasteiger partial charge is 0.437 e. The summed E-state index contributed by atoms with van der Waals surface area (Å²) in [5.41, 5.74) is 4.65. The Morgan fingerprint density at radius 3 is 1.78 bits per heavy atom. The number of anilines is 1. The molecule has 0 unspecified atom stereocenters. The van der Waals surface area contributed by atoms with Gasteiger partial charge >= 0.3 is 18.3 Å². The van der Waals surface area contributed by atoms with Gasteiger partial charge in [-0.05, 0) is 93.0 Å². The Labute approximate surface area is 218 Å². The van der Waals surface area contributed by atoms with Gasteiger partial charge in [-0.1, -0.05) is 11.6 Å². The number of guanidine groups is 1. The molecule has 0 heterocycles. The number of carbonyl (C=O) groups excluding carboxylic acids is 3. The molecule has 0 radical (unpaired) electrons. The Balaban J connectivity index is 3.35. The molecule has 0 saturated carbocycles. The Hall–Kier alpha value is -3.01. The number of rotatable bonds is 4. The van der Waals surface area contributed by atoms with E-state index in [4.69, 9.17) is 31.5 Å². The standard InChI is InChI=1S/C25H39ClN4O6/c1-11-29(19(27)28-20(31)34-23(2,3)4)17-12-13-18(26)16(14-17)15-30(21(32)35-24(5,6)7)22(33)36-25(8,9)10/h12-14H,11,15H2,1-10H3,(H2,27,28,31). The molecule has 0 fully saturated rings. The summed E-state index contributed by atoms with van der Waals surface area (Å²) in [6, 6.07) is 4.92. The van der Waals surface area contributed by atoms with Gasteiger partial charge in [-0.3, -0.25) is 0 Å². The largest absolute Gasteiger partial charge is 0.443 e. The lowest BCUT2D eigenvalue weighted by Crippen LogP contribution is -2.43. The molecule has 1 aromatic carbocycles. The molecular weight excluding hydrogens is 488 g/mol. The van der Waals surface area contributed by atoms with E-state index in [1.54, 1.807) is 85.4 Å². The Morgan fingerprint density at radius 1 is 0.889 bits per heavy atom. The minimum Gasteiger partial charge on any atom is -0.443 e. The predicted molar refractivity (Wildman–Crippen MR) is 140 cm³/mol. The van der Waals surface area contributed by atoms with Crippen LogP contribution in [0.5, 0.6) is 0 Å². The molecule has 0 aromatic heterocycles. The van der Waals surface area contributed by atoms with Crippen LogP contribution in [-0.4, -0.2) is 52.5 Å². The highest BCUT2D eigenvalue weighted by Crippen LogP contribution is 2.26. The third-order valence-electron chi connectivity index (χ3n) is 4.09. The van der Waals surface area contributed by atoms with Crippen LogP contribution in [-0.2, 0) is 20.8 Å². The Morgan fingerprint density at radius 2 is 1.36 bits per heavy atom. The van der Waals surface area contributed by atoms with Gasteiger partial charge in [0.2, 0.25) is 5.96 Å². The summed E-state index contributed by atoms with van der Waals surface area (Å²) in [4.78, 5) is 44.1. The molecule has 0 spiro atoms. The molecule has 0 aliphatic carbocycles. The summed E-state index contributed by atoms with van der Waals surface area (Å²) in [6.45, 7) is 17.3. The second-order valence-corrected chi connectivity index (χ2v) is 11.4. The topological polar surface area (TPSA) is 124 Å². The minimum atomic E-state index is -0.878. The fourth-order valence-corrected chi connectivity index (χ4v) is 2.95. The zero-order valence-electron chi connectivity index (χ0n) is 22.9. The first-order chi connectivity index (χ1) is 16.2. The number of ether oxygens (including phenoxy) is 3. The number of carbonyl (C=O) groups is 3. The van der Waals surface area contributed by atoms with Crippen molar-refractivity contribution >= 4 is 41.5 Å². The molecule has 0 aliphatic heterocycles. The number of hydrogen-bond donors (Lipinski definition) is 1. The third-order valence-corrected chi connectivity index (χ3v) is 4.46. The number of halogens is 1. The SMILES string of the molecule is CCN(C(N)=NC(=O)OC(C)(C)C)c1ccc(Cl)c(CN(C(=O)OC(C)(C)C)C(=O)OC(C)(C)C)c1. The summed E-state index contributed by atoms with van der Waals surface area (Å²) in [5.74, 6) is -0.0869. The second kappa shape index (κ2) is 11.8. The van der Waals surface area contributed by atoms with Gasteiger partial charge in [-0.2, -0.15) is 0 Å². The van der Waals surface area contributed by atoms with Crippen molar-refractivity contribution in [3.63, 3.8) is 0 Å². The van der Waals surface area contributed by atoms with Gasteiger partial charge < -0.3 is 24.8 Å². The highest BCUT2D eigenvalue weighted by molar-refractivity contribution is 6.31. The molecule has 10 nitrogen and oxygen atoms in total. The van der Waals surface area contributed by atoms with Crippen LogP contribution in [0.4, 0.5) is 20.1 Å². The highest BCUT2D eigenvalue weighted by Gasteiger charge is 2.32. The molecule has 202 valence electrons. The number of benzene rings is 1. The fourth-order valence-electron chi connectivity index (χ4n) is 2.77. The van der Waals surface area contributed by atoms with E-state index in [2.05, 4.69) is 4.99 Å². The number of aliphatic imine (C=N–C) groups is 1. The number of hydrogen-bond acceptors (Lipinski definition) is 6. The van der Waals surface area contributed by atoms with Gasteiger partial charge in [0.25, 0.3) is 0 Å². The normalized spacial score (nSPS) is 12.6. The molecule has 0 bridgehead atoms. The number of nitrogens with two attached hydrogens (primary N) is 1. The summed E-state index contributed by atoms with van der Waals surface area (Å²) in [7, 11) is 0. The van der Waals surface area contributed by atoms with Gasteiger partial charge in [0.15, 0.2) is 0 Å². The number of nitrogens with zero attached hydrogens (tertiary/aromatic N) is 3. The molecule has 0 atom stereocenters. The van der Waals surface area contributed by atoms with E-state index in [1.807, 2.05) is 6.92 Å². The number of imide groups is 1. The van der Waals surface area contributed by atoms with Crippen molar-refractivity contribution in [2.45, 2.75) is 92.6 Å². The Bertz CT molecular complexity index is 962. The van der Waals surface area contributed by atoms with Crippen LogP contribution in [0.15, 0.2) is 23.2 Å². The van der Waals surface area contributed by atoms with E-state index < -0.39 is 35.1 Å². The van der Waals surface area contributed by atoms with Gasteiger partial charge in [-0.15, -0.1) is 4.99 Å². The maximum atomic E-state index is 12.9. The lowest BCUT2D eigenvalue weighted by Gasteiger charge is -2.29. The predicted octanol–water partition coefficient (Wildman–Crippen LogP) is 6.09. The van der Waals surface area contributed by atoms with E-state index in [1.165, 1.54) is 0 Å². The van der Waals surface area contributed by atoms with Crippen molar-refractivity contribution in [3.05, 3.63) is 28.8 Å². The lowest BCUT2D eigenvalue weighted by molar-refractivity contribution is -0.000281. The monoisotopic (exact) mass is 526 g/mol. The van der Waals surface area contributed by atoms with Gasteiger partial charge in [0, 0.05) is 17.3 Å². The average molecular weight is 527 g/mol. The molecule has 2 N–H and O–H groups in total. The molecular formula is C25H39ClN4O6. The van der Waals surface area contributed by atoms with Crippen LogP contribution < -0.4 is 10.6 Å². The van der Waals surface area contributed by atoms with Crippen LogP contribution >= 0.6 is 11.6 Å². The Kier molecular flexibility index (Phi) is 10.2. The summed E-state index contributed by atoms with van der Waals surface area (Å²) in [5, 5.41) is 0.301. The molecule has 1 rings (SSSR count). The van der Waals surface area contributed by atoms with Crippen LogP contribution in [0.1, 0.15) is 74.8 Å². The van der Waals surface area contributed by atoms with E-state index in [0.29, 0.717) is 22.8 Å². The molecule has 36 heavy (non-hydrogen) atoms. The van der Waals surface area contributed by atoms with Crippen molar-refractivity contribution in [2.24, 2.45) is 10.7 Å². The first-order valence-corrected chi connectivity index (χ1v) is 12.0. The minimum absolute atomic E-state index is 0.0869. The number of amides is 3. The second-order valence-electron chi connectivity index (χ2n) is 11.0. The van der Waals surface area contributed by atoms with Crippen molar-refractivity contribution in [1.29, 1.82) is 0 Å². The van der Waals surface area contributed by atoms with E-state index in [9.17, 15) is 14.4 Å². The highest BCUT2D eigenvalue weighted by atomic mass is 35.5. The van der Waals surface area contributed by atoms with Gasteiger partial charge in [0.05, 0.1) is 6.54 Å². The quantitative estimate of drug-likeness (QED) is 0.284. The summed E-state index contributed by atoms with van der Waals surface area (Å²) in [6.07, 6.45) is -2.58.